The predicted octanol–water partition coefficient (Wildman–Crippen LogP) is 4.47. The van der Waals surface area contributed by atoms with Crippen molar-refractivity contribution >= 4 is 40.6 Å². The molecule has 2 aromatic carbocycles. The van der Waals surface area contributed by atoms with E-state index in [1.54, 1.807) is 47.3 Å². The van der Waals surface area contributed by atoms with Gasteiger partial charge in [-0.3, -0.25) is 9.58 Å². The molecule has 2 amide bonds. The van der Waals surface area contributed by atoms with Gasteiger partial charge in [0.1, 0.15) is 18.7 Å². The van der Waals surface area contributed by atoms with Crippen LogP contribution in [0.4, 0.5) is 10.5 Å². The second-order valence-corrected chi connectivity index (χ2v) is 7.79. The standard InChI is InChI=1S/C22H15Cl2N7O/c23-17-3-1-16(2-4-17)21-20(30-13-15(11-26)12-27-30)14-31(28-21)22(32)29(10-9-25)19-7-5-18(24)6-8-19/h1-8,12-13,20H,10,14H2. The van der Waals surface area contributed by atoms with E-state index in [0.717, 1.165) is 5.56 Å². The molecule has 1 unspecified atom stereocenters. The summed E-state index contributed by atoms with van der Waals surface area (Å²) in [6.45, 7) is 0.0205. The van der Waals surface area contributed by atoms with E-state index in [2.05, 4.69) is 16.3 Å². The van der Waals surface area contributed by atoms with E-state index in [4.69, 9.17) is 28.5 Å². The zero-order valence-electron chi connectivity index (χ0n) is 16.6. The Labute approximate surface area is 194 Å². The van der Waals surface area contributed by atoms with Gasteiger partial charge in [-0.15, -0.1) is 0 Å². The summed E-state index contributed by atoms with van der Waals surface area (Å²) in [4.78, 5) is 14.7. The van der Waals surface area contributed by atoms with Crippen LogP contribution in [0.2, 0.25) is 10.0 Å². The third-order valence-electron chi connectivity index (χ3n) is 4.90. The normalized spacial score (nSPS) is 15.1. The molecule has 8 nitrogen and oxygen atoms in total. The molecule has 1 aromatic heterocycles. The van der Waals surface area contributed by atoms with Crippen LogP contribution in [0, 0.1) is 22.7 Å². The van der Waals surface area contributed by atoms with Gasteiger partial charge < -0.3 is 0 Å². The Hall–Kier alpha value is -3.85. The van der Waals surface area contributed by atoms with Crippen molar-refractivity contribution < 1.29 is 4.79 Å². The number of hydrazone groups is 1. The SMILES string of the molecule is N#CCN(C(=O)N1CC(n2cc(C#N)cn2)C(c2ccc(Cl)cc2)=N1)c1ccc(Cl)cc1. The number of hydrogen-bond donors (Lipinski definition) is 0. The highest BCUT2D eigenvalue weighted by Gasteiger charge is 2.35. The molecule has 0 spiro atoms. The Kier molecular flexibility index (Phi) is 6.09. The molecule has 0 fully saturated rings. The van der Waals surface area contributed by atoms with Gasteiger partial charge in [-0.2, -0.15) is 20.7 Å². The molecule has 1 atom stereocenters. The highest BCUT2D eigenvalue weighted by atomic mass is 35.5. The molecule has 1 aliphatic heterocycles. The minimum atomic E-state index is -0.463. The summed E-state index contributed by atoms with van der Waals surface area (Å²) in [5, 5.41) is 29.7. The highest BCUT2D eigenvalue weighted by molar-refractivity contribution is 6.31. The van der Waals surface area contributed by atoms with Gasteiger partial charge in [0.2, 0.25) is 0 Å². The highest BCUT2D eigenvalue weighted by Crippen LogP contribution is 2.27. The summed E-state index contributed by atoms with van der Waals surface area (Å²) >= 11 is 12.0. The maximum atomic E-state index is 13.3. The third kappa shape index (κ3) is 4.28. The minimum absolute atomic E-state index is 0.159. The van der Waals surface area contributed by atoms with Crippen molar-refractivity contribution in [2.45, 2.75) is 6.04 Å². The number of nitrogens with zero attached hydrogens (tertiary/aromatic N) is 7. The fraction of sp³-hybridized carbons (Fsp3) is 0.136. The van der Waals surface area contributed by atoms with Crippen molar-refractivity contribution in [3.05, 3.63) is 82.1 Å². The number of carbonyl (C=O) groups excluding carboxylic acids is 1. The lowest BCUT2D eigenvalue weighted by Gasteiger charge is -2.24. The van der Waals surface area contributed by atoms with Gasteiger partial charge >= 0.3 is 6.03 Å². The third-order valence-corrected chi connectivity index (χ3v) is 5.40. The number of aromatic nitrogens is 2. The molecule has 1 aliphatic rings. The molecule has 32 heavy (non-hydrogen) atoms. The summed E-state index contributed by atoms with van der Waals surface area (Å²) in [6.07, 6.45) is 3.07. The lowest BCUT2D eigenvalue weighted by Crippen LogP contribution is -2.41. The average Bonchev–Trinajstić information content (AvgIpc) is 3.45. The van der Waals surface area contributed by atoms with Gasteiger partial charge in [-0.1, -0.05) is 35.3 Å². The van der Waals surface area contributed by atoms with Crippen LogP contribution < -0.4 is 4.90 Å². The molecule has 10 heteroatoms. The van der Waals surface area contributed by atoms with Gasteiger partial charge in [0.15, 0.2) is 0 Å². The second-order valence-electron chi connectivity index (χ2n) is 6.91. The molecule has 2 heterocycles. The number of halogens is 2. The number of amides is 2. The average molecular weight is 464 g/mol. The van der Waals surface area contributed by atoms with Gasteiger partial charge in [-0.25, -0.2) is 9.80 Å². The number of anilines is 1. The van der Waals surface area contributed by atoms with Crippen molar-refractivity contribution in [1.29, 1.82) is 10.5 Å². The van der Waals surface area contributed by atoms with E-state index >= 15 is 0 Å². The zero-order chi connectivity index (χ0) is 22.7. The van der Waals surface area contributed by atoms with Crippen molar-refractivity contribution in [3.63, 3.8) is 0 Å². The lowest BCUT2D eigenvalue weighted by molar-refractivity contribution is 0.209. The lowest BCUT2D eigenvalue weighted by atomic mass is 10.0. The van der Waals surface area contributed by atoms with Gasteiger partial charge in [-0.05, 0) is 36.4 Å². The van der Waals surface area contributed by atoms with Crippen LogP contribution in [0.3, 0.4) is 0 Å². The van der Waals surface area contributed by atoms with Crippen molar-refractivity contribution in [2.75, 3.05) is 18.0 Å². The van der Waals surface area contributed by atoms with E-state index in [1.165, 1.54) is 16.1 Å². The number of nitriles is 2. The predicted molar refractivity (Wildman–Crippen MR) is 120 cm³/mol. The Bertz CT molecular complexity index is 1250. The molecule has 0 bridgehead atoms. The quantitative estimate of drug-likeness (QED) is 0.532. The van der Waals surface area contributed by atoms with E-state index in [0.29, 0.717) is 27.0 Å². The number of hydrogen-bond acceptors (Lipinski definition) is 5. The van der Waals surface area contributed by atoms with Gasteiger partial charge in [0, 0.05) is 27.5 Å². The monoisotopic (exact) mass is 463 g/mol. The Balaban J connectivity index is 1.70. The van der Waals surface area contributed by atoms with Crippen molar-refractivity contribution in [2.24, 2.45) is 5.10 Å². The van der Waals surface area contributed by atoms with E-state index in [1.807, 2.05) is 18.2 Å². The smallest absolute Gasteiger partial charge is 0.279 e. The summed E-state index contributed by atoms with van der Waals surface area (Å²) in [7, 11) is 0. The molecule has 0 N–H and O–H groups in total. The largest absolute Gasteiger partial charge is 0.345 e. The molecule has 4 rings (SSSR count). The Morgan fingerprint density at radius 2 is 1.75 bits per heavy atom. The summed E-state index contributed by atoms with van der Waals surface area (Å²) in [5.41, 5.74) is 2.29. The topological polar surface area (TPSA) is 101 Å². The first-order valence-electron chi connectivity index (χ1n) is 9.50. The molecular formula is C22H15Cl2N7O. The van der Waals surface area contributed by atoms with Crippen LogP contribution in [0.1, 0.15) is 17.2 Å². The Morgan fingerprint density at radius 1 is 1.09 bits per heavy atom. The Morgan fingerprint density at radius 3 is 2.34 bits per heavy atom. The van der Waals surface area contributed by atoms with Crippen LogP contribution >= 0.6 is 23.2 Å². The number of benzene rings is 2. The van der Waals surface area contributed by atoms with E-state index < -0.39 is 12.1 Å². The van der Waals surface area contributed by atoms with E-state index in [-0.39, 0.29) is 13.1 Å². The van der Waals surface area contributed by atoms with Crippen molar-refractivity contribution in [3.8, 4) is 12.1 Å². The first kappa shape index (κ1) is 21.4. The van der Waals surface area contributed by atoms with Crippen LogP contribution in [-0.4, -0.2) is 39.6 Å². The minimum Gasteiger partial charge on any atom is -0.279 e. The van der Waals surface area contributed by atoms with E-state index in [9.17, 15) is 10.1 Å². The molecule has 0 saturated heterocycles. The van der Waals surface area contributed by atoms with Crippen LogP contribution in [-0.2, 0) is 0 Å². The molecule has 3 aromatic rings. The number of rotatable bonds is 4. The first-order valence-corrected chi connectivity index (χ1v) is 10.3. The van der Waals surface area contributed by atoms with Crippen molar-refractivity contribution in [1.82, 2.24) is 14.8 Å². The molecular weight excluding hydrogens is 449 g/mol. The maximum Gasteiger partial charge on any atom is 0.345 e. The molecule has 0 aliphatic carbocycles. The first-order chi connectivity index (χ1) is 15.5. The fourth-order valence-electron chi connectivity index (χ4n) is 3.36. The second kappa shape index (κ2) is 9.11. The summed E-state index contributed by atoms with van der Waals surface area (Å²) in [6, 6.07) is 16.9. The molecule has 0 saturated carbocycles. The number of urea groups is 1. The summed E-state index contributed by atoms with van der Waals surface area (Å²) < 4.78 is 1.61. The molecule has 158 valence electrons. The molecule has 0 radical (unpaired) electrons. The van der Waals surface area contributed by atoms with Gasteiger partial charge in [0.05, 0.1) is 30.1 Å². The number of carbonyl (C=O) groups is 1. The van der Waals surface area contributed by atoms with Crippen LogP contribution in [0.5, 0.6) is 0 Å². The van der Waals surface area contributed by atoms with Crippen LogP contribution in [0.25, 0.3) is 0 Å². The van der Waals surface area contributed by atoms with Crippen LogP contribution in [0.15, 0.2) is 66.0 Å². The summed E-state index contributed by atoms with van der Waals surface area (Å²) in [5.74, 6) is 0. The zero-order valence-corrected chi connectivity index (χ0v) is 18.1. The maximum absolute atomic E-state index is 13.3. The van der Waals surface area contributed by atoms with Gasteiger partial charge in [0.25, 0.3) is 0 Å². The fourth-order valence-corrected chi connectivity index (χ4v) is 3.61.